The Kier molecular flexibility index (Phi) is 5.43. The van der Waals surface area contributed by atoms with Crippen LogP contribution in [-0.4, -0.2) is 57.4 Å². The number of nitrogens with zero attached hydrogens (tertiary/aromatic N) is 2. The number of likely N-dealkylation sites (N-methyl/N-ethyl adjacent to an activating group) is 1. The monoisotopic (exact) mass is 315 g/mol. The normalized spacial score (nSPS) is 18.2. The summed E-state index contributed by atoms with van der Waals surface area (Å²) in [4.78, 5) is 2.44. The maximum absolute atomic E-state index is 12.7. The van der Waals surface area contributed by atoms with Gasteiger partial charge in [-0.25, -0.2) is 8.42 Å². The molecular weight excluding hydrogens is 290 g/mol. The van der Waals surface area contributed by atoms with Crippen LogP contribution in [0.4, 0.5) is 0 Å². The summed E-state index contributed by atoms with van der Waals surface area (Å²) in [5, 5.41) is 3.22. The van der Waals surface area contributed by atoms with Crippen LogP contribution in [-0.2, 0) is 16.6 Å². The number of rotatable bonds is 6. The summed E-state index contributed by atoms with van der Waals surface area (Å²) in [7, 11) is -1.44. The lowest BCUT2D eigenvalue weighted by molar-refractivity contribution is 0.222. The number of furan rings is 1. The van der Waals surface area contributed by atoms with Crippen molar-refractivity contribution in [2.75, 3.05) is 39.8 Å². The lowest BCUT2D eigenvalue weighted by atomic mass is 10.4. The van der Waals surface area contributed by atoms with Crippen LogP contribution in [0.5, 0.6) is 0 Å². The lowest BCUT2D eigenvalue weighted by Crippen LogP contribution is -2.47. The van der Waals surface area contributed by atoms with Crippen molar-refractivity contribution >= 4 is 10.0 Å². The maximum Gasteiger partial charge on any atom is 0.246 e. The van der Waals surface area contributed by atoms with E-state index in [2.05, 4.69) is 17.1 Å². The molecule has 1 aliphatic rings. The van der Waals surface area contributed by atoms with Crippen molar-refractivity contribution in [3.05, 3.63) is 17.6 Å². The van der Waals surface area contributed by atoms with E-state index in [1.807, 2.05) is 7.05 Å². The van der Waals surface area contributed by atoms with Crippen LogP contribution in [0.2, 0.25) is 0 Å². The first kappa shape index (κ1) is 16.5. The minimum absolute atomic E-state index is 0.306. The van der Waals surface area contributed by atoms with Gasteiger partial charge in [-0.05, 0) is 26.9 Å². The van der Waals surface area contributed by atoms with Gasteiger partial charge < -0.3 is 14.6 Å². The zero-order valence-electron chi connectivity index (χ0n) is 13.1. The molecule has 0 atom stereocenters. The molecule has 2 rings (SSSR count). The fraction of sp³-hybridized carbons (Fsp3) is 0.714. The van der Waals surface area contributed by atoms with Gasteiger partial charge in [0.1, 0.15) is 16.4 Å². The fourth-order valence-corrected chi connectivity index (χ4v) is 4.03. The van der Waals surface area contributed by atoms with Gasteiger partial charge in [0.05, 0.1) is 6.54 Å². The molecule has 2 heterocycles. The van der Waals surface area contributed by atoms with Crippen molar-refractivity contribution in [3.63, 3.8) is 0 Å². The van der Waals surface area contributed by atoms with Gasteiger partial charge in [0, 0.05) is 32.2 Å². The number of hydrogen-bond acceptors (Lipinski definition) is 5. The second-order valence-electron chi connectivity index (χ2n) is 5.52. The highest BCUT2D eigenvalue weighted by Crippen LogP contribution is 2.24. The highest BCUT2D eigenvalue weighted by Gasteiger charge is 2.30. The fourth-order valence-electron chi connectivity index (χ4n) is 2.42. The topological polar surface area (TPSA) is 65.8 Å². The molecule has 6 nitrogen and oxygen atoms in total. The van der Waals surface area contributed by atoms with E-state index in [0.29, 0.717) is 36.1 Å². The van der Waals surface area contributed by atoms with Crippen LogP contribution in [0.3, 0.4) is 0 Å². The van der Waals surface area contributed by atoms with Crippen LogP contribution < -0.4 is 5.32 Å². The Morgan fingerprint density at radius 1 is 1.29 bits per heavy atom. The Labute approximate surface area is 127 Å². The molecule has 0 aromatic carbocycles. The zero-order valence-corrected chi connectivity index (χ0v) is 13.9. The average molecular weight is 315 g/mol. The minimum Gasteiger partial charge on any atom is -0.464 e. The van der Waals surface area contributed by atoms with E-state index in [1.165, 1.54) is 0 Å². The Morgan fingerprint density at radius 3 is 2.57 bits per heavy atom. The van der Waals surface area contributed by atoms with E-state index < -0.39 is 10.0 Å². The largest absolute Gasteiger partial charge is 0.464 e. The van der Waals surface area contributed by atoms with Crippen molar-refractivity contribution in [2.45, 2.75) is 31.7 Å². The van der Waals surface area contributed by atoms with Crippen molar-refractivity contribution in [3.8, 4) is 0 Å². The van der Waals surface area contributed by atoms with Gasteiger partial charge in [0.2, 0.25) is 10.0 Å². The zero-order chi connectivity index (χ0) is 15.5. The molecule has 1 aromatic rings. The summed E-state index contributed by atoms with van der Waals surface area (Å²) >= 11 is 0. The quantitative estimate of drug-likeness (QED) is 0.794. The molecule has 1 saturated heterocycles. The number of sulfonamides is 1. The van der Waals surface area contributed by atoms with Gasteiger partial charge in [-0.15, -0.1) is 0 Å². The van der Waals surface area contributed by atoms with Gasteiger partial charge in [-0.1, -0.05) is 6.92 Å². The first-order valence-corrected chi connectivity index (χ1v) is 8.88. The summed E-state index contributed by atoms with van der Waals surface area (Å²) < 4.78 is 32.5. The number of hydrogen-bond donors (Lipinski definition) is 1. The van der Waals surface area contributed by atoms with Crippen molar-refractivity contribution in [1.82, 2.24) is 14.5 Å². The van der Waals surface area contributed by atoms with E-state index in [-0.39, 0.29) is 0 Å². The highest BCUT2D eigenvalue weighted by molar-refractivity contribution is 7.89. The summed E-state index contributed by atoms with van der Waals surface area (Å²) in [6, 6.07) is 1.66. The molecule has 0 saturated carbocycles. The predicted octanol–water partition coefficient (Wildman–Crippen LogP) is 1.02. The molecule has 0 spiro atoms. The Morgan fingerprint density at radius 2 is 1.95 bits per heavy atom. The molecule has 1 N–H and O–H groups in total. The molecule has 0 amide bonds. The molecule has 0 radical (unpaired) electrons. The maximum atomic E-state index is 12.7. The van der Waals surface area contributed by atoms with E-state index >= 15 is 0 Å². The molecule has 0 bridgehead atoms. The Bertz CT molecular complexity index is 560. The first-order valence-electron chi connectivity index (χ1n) is 7.44. The van der Waals surface area contributed by atoms with Gasteiger partial charge in [0.15, 0.2) is 0 Å². The number of nitrogens with one attached hydrogen (secondary N) is 1. The van der Waals surface area contributed by atoms with Crippen LogP contribution >= 0.6 is 0 Å². The average Bonchev–Trinajstić information content (AvgIpc) is 2.81. The van der Waals surface area contributed by atoms with Gasteiger partial charge in [-0.3, -0.25) is 0 Å². The summed E-state index contributed by atoms with van der Waals surface area (Å²) in [6.07, 6.45) is 1.03. The first-order chi connectivity index (χ1) is 9.95. The van der Waals surface area contributed by atoms with Gasteiger partial charge >= 0.3 is 0 Å². The smallest absolute Gasteiger partial charge is 0.246 e. The van der Waals surface area contributed by atoms with Crippen LogP contribution in [0.1, 0.15) is 24.9 Å². The summed E-state index contributed by atoms with van der Waals surface area (Å²) in [6.45, 7) is 7.85. The molecule has 120 valence electrons. The van der Waals surface area contributed by atoms with Crippen LogP contribution in [0.15, 0.2) is 15.4 Å². The molecule has 7 heteroatoms. The molecule has 1 aromatic heterocycles. The van der Waals surface area contributed by atoms with Crippen LogP contribution in [0.25, 0.3) is 0 Å². The predicted molar refractivity (Wildman–Crippen MR) is 81.7 cm³/mol. The molecule has 1 fully saturated rings. The van der Waals surface area contributed by atoms with Gasteiger partial charge in [0.25, 0.3) is 0 Å². The molecule has 1 aliphatic heterocycles. The van der Waals surface area contributed by atoms with E-state index in [9.17, 15) is 8.42 Å². The minimum atomic E-state index is -3.44. The van der Waals surface area contributed by atoms with Crippen molar-refractivity contribution in [2.24, 2.45) is 0 Å². The lowest BCUT2D eigenvalue weighted by Gasteiger charge is -2.31. The van der Waals surface area contributed by atoms with E-state index in [4.69, 9.17) is 4.42 Å². The second-order valence-corrected chi connectivity index (χ2v) is 7.42. The van der Waals surface area contributed by atoms with E-state index in [0.717, 1.165) is 26.1 Å². The SMILES string of the molecule is CCCNCc1cc(S(=O)(=O)N2CCN(C)CC2)c(C)o1. The van der Waals surface area contributed by atoms with E-state index in [1.54, 1.807) is 17.3 Å². The van der Waals surface area contributed by atoms with Crippen molar-refractivity contribution < 1.29 is 12.8 Å². The Balaban J connectivity index is 2.12. The van der Waals surface area contributed by atoms with Gasteiger partial charge in [-0.2, -0.15) is 4.31 Å². The standard InChI is InChI=1S/C14H25N3O3S/c1-4-5-15-11-13-10-14(12(2)20-13)21(18,19)17-8-6-16(3)7-9-17/h10,15H,4-9,11H2,1-3H3. The third-order valence-electron chi connectivity index (χ3n) is 3.73. The van der Waals surface area contributed by atoms with Crippen molar-refractivity contribution in [1.29, 1.82) is 0 Å². The second kappa shape index (κ2) is 6.91. The number of aryl methyl sites for hydroxylation is 1. The molecule has 21 heavy (non-hydrogen) atoms. The Hall–Kier alpha value is -0.890. The third kappa shape index (κ3) is 3.85. The molecule has 0 aliphatic carbocycles. The summed E-state index contributed by atoms with van der Waals surface area (Å²) in [5.74, 6) is 1.15. The third-order valence-corrected chi connectivity index (χ3v) is 5.74. The summed E-state index contributed by atoms with van der Waals surface area (Å²) in [5.41, 5.74) is 0. The highest BCUT2D eigenvalue weighted by atomic mass is 32.2. The number of piperazine rings is 1. The van der Waals surface area contributed by atoms with Crippen LogP contribution in [0, 0.1) is 6.92 Å². The molecular formula is C14H25N3O3S. The molecule has 0 unspecified atom stereocenters.